The van der Waals surface area contributed by atoms with E-state index in [1.807, 2.05) is 4.90 Å². The molecule has 0 spiro atoms. The largest absolute Gasteiger partial charge is 0.490 e. The molecule has 2 aliphatic heterocycles. The van der Waals surface area contributed by atoms with E-state index in [-0.39, 0.29) is 29.7 Å². The molecule has 2 aromatic rings. The Morgan fingerprint density at radius 1 is 1.19 bits per heavy atom. The molecule has 2 saturated heterocycles. The number of nitrogens with two attached hydrogens (primary N) is 1. The van der Waals surface area contributed by atoms with E-state index in [9.17, 15) is 22.8 Å². The number of hydrogen-bond acceptors (Lipinski definition) is 5. The van der Waals surface area contributed by atoms with Crippen molar-refractivity contribution in [1.82, 2.24) is 9.80 Å². The summed E-state index contributed by atoms with van der Waals surface area (Å²) in [6.07, 6.45) is -2.59. The molecule has 32 heavy (non-hydrogen) atoms. The van der Waals surface area contributed by atoms with E-state index in [1.54, 1.807) is 29.2 Å². The third-order valence-electron chi connectivity index (χ3n) is 5.31. The number of hydrogen-bond donors (Lipinski definition) is 2. The number of amides is 2. The average molecular weight is 476 g/mol. The van der Waals surface area contributed by atoms with Crippen LogP contribution in [-0.2, 0) is 9.59 Å². The van der Waals surface area contributed by atoms with Crippen molar-refractivity contribution in [3.63, 3.8) is 0 Å². The molecule has 1 aromatic heterocycles. The molecule has 3 N–H and O–H groups in total. The maximum Gasteiger partial charge on any atom is 0.490 e. The highest BCUT2D eigenvalue weighted by Gasteiger charge is 2.40. The second-order valence-electron chi connectivity index (χ2n) is 7.58. The van der Waals surface area contributed by atoms with Crippen LogP contribution in [0.2, 0.25) is 5.02 Å². The number of carbonyl (C=O) groups excluding carboxylic acids is 2. The topological polar surface area (TPSA) is 117 Å². The van der Waals surface area contributed by atoms with Gasteiger partial charge in [0.2, 0.25) is 5.91 Å². The van der Waals surface area contributed by atoms with E-state index in [2.05, 4.69) is 0 Å². The first kappa shape index (κ1) is 23.9. The van der Waals surface area contributed by atoms with Crippen LogP contribution in [-0.4, -0.2) is 70.6 Å². The van der Waals surface area contributed by atoms with Gasteiger partial charge < -0.3 is 25.1 Å². The highest BCUT2D eigenvalue weighted by atomic mass is 35.5. The van der Waals surface area contributed by atoms with Crippen LogP contribution >= 0.6 is 11.6 Å². The molecule has 0 unspecified atom stereocenters. The molecular formula is C20H21ClF3N3O5. The first-order chi connectivity index (χ1) is 15.0. The van der Waals surface area contributed by atoms with E-state index in [0.717, 1.165) is 24.8 Å². The Kier molecular flexibility index (Phi) is 6.99. The van der Waals surface area contributed by atoms with Crippen molar-refractivity contribution < 1.29 is 37.1 Å². The van der Waals surface area contributed by atoms with Crippen LogP contribution in [0.4, 0.5) is 13.2 Å². The van der Waals surface area contributed by atoms with Gasteiger partial charge in [-0.25, -0.2) is 4.79 Å². The first-order valence-electron chi connectivity index (χ1n) is 9.81. The van der Waals surface area contributed by atoms with Crippen molar-refractivity contribution in [2.24, 2.45) is 5.73 Å². The zero-order valence-electron chi connectivity index (χ0n) is 16.8. The Morgan fingerprint density at radius 2 is 1.88 bits per heavy atom. The Morgan fingerprint density at radius 3 is 2.50 bits per heavy atom. The van der Waals surface area contributed by atoms with E-state index in [0.29, 0.717) is 30.1 Å². The van der Waals surface area contributed by atoms with E-state index in [4.69, 9.17) is 31.7 Å². The third-order valence-corrected chi connectivity index (χ3v) is 5.55. The minimum Gasteiger partial charge on any atom is -0.475 e. The third kappa shape index (κ3) is 5.33. The minimum atomic E-state index is -5.08. The van der Waals surface area contributed by atoms with Crippen molar-refractivity contribution in [2.75, 3.05) is 19.6 Å². The fourth-order valence-electron chi connectivity index (χ4n) is 3.76. The molecule has 12 heteroatoms. The standard InChI is InChI=1S/C18H20ClN3O3.C2HF3O2/c19-12-4-5-15-11(7-12)8-16(25-15)18(24)21-9-13(20)14(10-21)22-6-2-1-3-17(22)23;3-2(4,5)1(6)7/h4-5,7-8,13-14H,1-3,6,9-10,20H2;(H,6,7)/t13-,14-;/m0./s1. The highest BCUT2D eigenvalue weighted by molar-refractivity contribution is 6.31. The lowest BCUT2D eigenvalue weighted by molar-refractivity contribution is -0.192. The summed E-state index contributed by atoms with van der Waals surface area (Å²) >= 11 is 5.98. The molecule has 2 fully saturated rings. The summed E-state index contributed by atoms with van der Waals surface area (Å²) in [5.74, 6) is -2.54. The van der Waals surface area contributed by atoms with Gasteiger partial charge in [-0.1, -0.05) is 11.6 Å². The first-order valence-corrected chi connectivity index (χ1v) is 10.2. The summed E-state index contributed by atoms with van der Waals surface area (Å²) in [6.45, 7) is 1.59. The molecule has 0 aliphatic carbocycles. The molecule has 4 rings (SSSR count). The number of alkyl halides is 3. The number of carboxylic acid groups (broad SMARTS) is 1. The lowest BCUT2D eigenvalue weighted by Crippen LogP contribution is -2.51. The number of carbonyl (C=O) groups is 3. The summed E-state index contributed by atoms with van der Waals surface area (Å²) in [5, 5.41) is 8.52. The fourth-order valence-corrected chi connectivity index (χ4v) is 3.94. The molecule has 1 aromatic carbocycles. The van der Waals surface area contributed by atoms with Gasteiger partial charge in [0, 0.05) is 42.5 Å². The van der Waals surface area contributed by atoms with Crippen molar-refractivity contribution in [3.05, 3.63) is 35.0 Å². The maximum absolute atomic E-state index is 12.8. The van der Waals surface area contributed by atoms with Crippen molar-refractivity contribution in [2.45, 2.75) is 37.5 Å². The van der Waals surface area contributed by atoms with Gasteiger partial charge in [-0.15, -0.1) is 0 Å². The minimum absolute atomic E-state index is 0.115. The normalized spacial score (nSPS) is 21.5. The number of likely N-dealkylation sites (tertiary alicyclic amines) is 2. The zero-order valence-corrected chi connectivity index (χ0v) is 17.5. The Labute approximate surface area is 185 Å². The van der Waals surface area contributed by atoms with E-state index >= 15 is 0 Å². The molecule has 174 valence electrons. The zero-order chi connectivity index (χ0) is 23.6. The van der Waals surface area contributed by atoms with Crippen LogP contribution < -0.4 is 5.73 Å². The number of aliphatic carboxylic acids is 1. The van der Waals surface area contributed by atoms with Crippen LogP contribution in [0.15, 0.2) is 28.7 Å². The number of piperidine rings is 1. The van der Waals surface area contributed by atoms with Crippen LogP contribution in [0.3, 0.4) is 0 Å². The molecule has 2 atom stereocenters. The molecule has 2 aliphatic rings. The molecule has 0 bridgehead atoms. The van der Waals surface area contributed by atoms with Crippen LogP contribution in [0.25, 0.3) is 11.0 Å². The number of fused-ring (bicyclic) bond motifs is 1. The number of halogens is 4. The summed E-state index contributed by atoms with van der Waals surface area (Å²) < 4.78 is 37.4. The van der Waals surface area contributed by atoms with E-state index < -0.39 is 12.1 Å². The van der Waals surface area contributed by atoms with Gasteiger partial charge in [0.1, 0.15) is 5.58 Å². The smallest absolute Gasteiger partial charge is 0.475 e. The van der Waals surface area contributed by atoms with Gasteiger partial charge in [0.25, 0.3) is 5.91 Å². The van der Waals surface area contributed by atoms with Gasteiger partial charge in [0.05, 0.1) is 6.04 Å². The predicted molar refractivity (Wildman–Crippen MR) is 108 cm³/mol. The van der Waals surface area contributed by atoms with Crippen molar-refractivity contribution in [1.29, 1.82) is 0 Å². The summed E-state index contributed by atoms with van der Waals surface area (Å²) in [4.78, 5) is 37.4. The number of rotatable bonds is 2. The SMILES string of the molecule is N[C@H]1CN(C(=O)c2cc3cc(Cl)ccc3o2)C[C@@H]1N1CCCCC1=O.O=C(O)C(F)(F)F. The van der Waals surface area contributed by atoms with Gasteiger partial charge in [-0.05, 0) is 37.1 Å². The molecule has 3 heterocycles. The van der Waals surface area contributed by atoms with E-state index in [1.165, 1.54) is 0 Å². The van der Waals surface area contributed by atoms with Gasteiger partial charge in [-0.3, -0.25) is 9.59 Å². The molecule has 0 saturated carbocycles. The molecule has 8 nitrogen and oxygen atoms in total. The highest BCUT2D eigenvalue weighted by Crippen LogP contribution is 2.26. The summed E-state index contributed by atoms with van der Waals surface area (Å²) in [5.41, 5.74) is 6.86. The van der Waals surface area contributed by atoms with Crippen LogP contribution in [0.5, 0.6) is 0 Å². The maximum atomic E-state index is 12.8. The predicted octanol–water partition coefficient (Wildman–Crippen LogP) is 2.88. The van der Waals surface area contributed by atoms with Crippen LogP contribution in [0, 0.1) is 0 Å². The Balaban J connectivity index is 0.000000360. The molecule has 2 amide bonds. The van der Waals surface area contributed by atoms with Gasteiger partial charge in [0.15, 0.2) is 5.76 Å². The van der Waals surface area contributed by atoms with Crippen molar-refractivity contribution in [3.8, 4) is 0 Å². The lowest BCUT2D eigenvalue weighted by Gasteiger charge is -2.34. The Bertz CT molecular complexity index is 1030. The van der Waals surface area contributed by atoms with Crippen LogP contribution in [0.1, 0.15) is 29.8 Å². The van der Waals surface area contributed by atoms with Gasteiger partial charge in [-0.2, -0.15) is 13.2 Å². The van der Waals surface area contributed by atoms with Gasteiger partial charge >= 0.3 is 12.1 Å². The number of furan rings is 1. The van der Waals surface area contributed by atoms with Crippen molar-refractivity contribution >= 4 is 40.4 Å². The monoisotopic (exact) mass is 475 g/mol. The average Bonchev–Trinajstić information content (AvgIpc) is 3.31. The second kappa shape index (κ2) is 9.37. The second-order valence-corrected chi connectivity index (χ2v) is 8.02. The summed E-state index contributed by atoms with van der Waals surface area (Å²) in [6, 6.07) is 6.60. The lowest BCUT2D eigenvalue weighted by atomic mass is 10.1. The molecular weight excluding hydrogens is 455 g/mol. The molecule has 0 radical (unpaired) electrons. The summed E-state index contributed by atoms with van der Waals surface area (Å²) in [7, 11) is 0. The number of nitrogens with zero attached hydrogens (tertiary/aromatic N) is 2. The fraction of sp³-hybridized carbons (Fsp3) is 0.450. The quantitative estimate of drug-likeness (QED) is 0.689. The number of carboxylic acids is 1. The number of benzene rings is 1. The Hall–Kier alpha value is -2.79.